The molecule has 100 valence electrons. The lowest BCUT2D eigenvalue weighted by Gasteiger charge is -2.07. The number of carboxylic acids is 1. The fourth-order valence-electron chi connectivity index (χ4n) is 1.60. The molecule has 19 heavy (non-hydrogen) atoms. The number of fused-ring (bicyclic) bond motifs is 1. The number of hydrogen-bond donors (Lipinski definition) is 1. The lowest BCUT2D eigenvalue weighted by Crippen LogP contribution is -2.11. The summed E-state index contributed by atoms with van der Waals surface area (Å²) in [6, 6.07) is 0. The average Bonchev–Trinajstić information content (AvgIpc) is 2.76. The Labute approximate surface area is 115 Å². The molecule has 0 unspecified atom stereocenters. The zero-order valence-corrected chi connectivity index (χ0v) is 10.7. The van der Waals surface area contributed by atoms with E-state index in [4.69, 9.17) is 28.3 Å². The molecule has 10 heteroatoms. The van der Waals surface area contributed by atoms with Gasteiger partial charge in [-0.15, -0.1) is 11.6 Å². The maximum atomic E-state index is 11.1. The van der Waals surface area contributed by atoms with E-state index in [-0.39, 0.29) is 34.4 Å². The Balaban J connectivity index is 2.82. The van der Waals surface area contributed by atoms with Crippen molar-refractivity contribution < 1.29 is 14.8 Å². The van der Waals surface area contributed by atoms with Crippen molar-refractivity contribution in [3.05, 3.63) is 32.7 Å². The second-order valence-corrected chi connectivity index (χ2v) is 4.23. The van der Waals surface area contributed by atoms with Gasteiger partial charge in [-0.1, -0.05) is 11.6 Å². The van der Waals surface area contributed by atoms with Crippen LogP contribution in [-0.2, 0) is 6.42 Å². The number of aromatic carboxylic acids is 1. The quantitative estimate of drug-likeness (QED) is 0.399. The number of nitrogens with zero attached hydrogens (tertiary/aromatic N) is 4. The molecule has 0 aromatic carbocycles. The van der Waals surface area contributed by atoms with E-state index in [9.17, 15) is 14.9 Å². The summed E-state index contributed by atoms with van der Waals surface area (Å²) < 4.78 is 1.02. The Hall–Kier alpha value is -1.93. The number of alkyl halides is 1. The first-order chi connectivity index (χ1) is 8.97. The maximum absolute atomic E-state index is 11.1. The molecule has 0 aliphatic heterocycles. The van der Waals surface area contributed by atoms with Gasteiger partial charge >= 0.3 is 11.7 Å². The fraction of sp³-hybridized carbons (Fsp3) is 0.222. The molecule has 0 radical (unpaired) electrons. The Bertz CT molecular complexity index is 684. The van der Waals surface area contributed by atoms with E-state index >= 15 is 0 Å². The monoisotopic (exact) mass is 304 g/mol. The summed E-state index contributed by atoms with van der Waals surface area (Å²) in [4.78, 5) is 25.0. The number of carbonyl (C=O) groups is 1. The summed E-state index contributed by atoms with van der Waals surface area (Å²) in [5.74, 6) is -1.20. The second-order valence-electron chi connectivity index (χ2n) is 3.50. The molecule has 0 amide bonds. The van der Waals surface area contributed by atoms with E-state index in [1.807, 2.05) is 0 Å². The third-order valence-corrected chi connectivity index (χ3v) is 2.98. The van der Waals surface area contributed by atoms with Gasteiger partial charge in [0.1, 0.15) is 11.3 Å². The van der Waals surface area contributed by atoms with Gasteiger partial charge in [0.05, 0.1) is 4.92 Å². The lowest BCUT2D eigenvalue weighted by atomic mass is 10.2. The molecule has 2 heterocycles. The van der Waals surface area contributed by atoms with Gasteiger partial charge in [-0.25, -0.2) is 9.78 Å². The summed E-state index contributed by atoms with van der Waals surface area (Å²) in [6.07, 6.45) is 1.13. The van der Waals surface area contributed by atoms with Crippen molar-refractivity contribution in [1.82, 2.24) is 14.6 Å². The molecule has 2 aromatic heterocycles. The number of halogens is 2. The maximum Gasteiger partial charge on any atom is 0.354 e. The predicted octanol–water partition coefficient (Wildman–Crippen LogP) is 1.77. The molecule has 0 fully saturated rings. The standard InChI is InChI=1S/C9H6Cl2N4O4/c10-2-1-4-6(9(16)17)13-8-5(15(18)19)3-12-14(8)7(4)11/h3H,1-2H2,(H,16,17). The SMILES string of the molecule is O=C(O)c1nc2c([N+](=O)[O-])cnn2c(Cl)c1CCCl. The molecule has 2 aromatic rings. The zero-order chi connectivity index (χ0) is 14.2. The topological polar surface area (TPSA) is 111 Å². The first-order valence-corrected chi connectivity index (χ1v) is 5.88. The number of rotatable bonds is 4. The minimum absolute atomic E-state index is 0.0452. The summed E-state index contributed by atoms with van der Waals surface area (Å²) in [5, 5.41) is 23.5. The van der Waals surface area contributed by atoms with E-state index in [0.717, 1.165) is 10.7 Å². The Morgan fingerprint density at radius 2 is 2.26 bits per heavy atom. The fourth-order valence-corrected chi connectivity index (χ4v) is 2.10. The van der Waals surface area contributed by atoms with E-state index < -0.39 is 16.6 Å². The third kappa shape index (κ3) is 2.20. The smallest absolute Gasteiger partial charge is 0.354 e. The molecule has 0 aliphatic rings. The minimum atomic E-state index is -1.33. The first-order valence-electron chi connectivity index (χ1n) is 4.97. The molecule has 0 atom stereocenters. The van der Waals surface area contributed by atoms with E-state index in [1.54, 1.807) is 0 Å². The van der Waals surface area contributed by atoms with Gasteiger partial charge in [0.15, 0.2) is 5.69 Å². The number of nitro groups is 1. The highest BCUT2D eigenvalue weighted by molar-refractivity contribution is 6.31. The molecule has 0 bridgehead atoms. The molecule has 0 spiro atoms. The van der Waals surface area contributed by atoms with Gasteiger partial charge in [-0.05, 0) is 6.42 Å². The van der Waals surface area contributed by atoms with Crippen LogP contribution in [0.4, 0.5) is 5.69 Å². The van der Waals surface area contributed by atoms with Crippen molar-refractivity contribution in [3.63, 3.8) is 0 Å². The van der Waals surface area contributed by atoms with Crippen molar-refractivity contribution in [2.45, 2.75) is 6.42 Å². The molecule has 0 aliphatic carbocycles. The largest absolute Gasteiger partial charge is 0.476 e. The highest BCUT2D eigenvalue weighted by atomic mass is 35.5. The normalized spacial score (nSPS) is 10.8. The highest BCUT2D eigenvalue weighted by Crippen LogP contribution is 2.26. The molecule has 1 N–H and O–H groups in total. The van der Waals surface area contributed by atoms with Crippen LogP contribution >= 0.6 is 23.2 Å². The van der Waals surface area contributed by atoms with Gasteiger partial charge in [0.2, 0.25) is 5.65 Å². The predicted molar refractivity (Wildman–Crippen MR) is 66.0 cm³/mol. The second kappa shape index (κ2) is 4.98. The van der Waals surface area contributed by atoms with E-state index in [0.29, 0.717) is 0 Å². The van der Waals surface area contributed by atoms with Gasteiger partial charge in [0, 0.05) is 11.4 Å². The Kier molecular flexibility index (Phi) is 3.54. The van der Waals surface area contributed by atoms with Crippen molar-refractivity contribution in [1.29, 1.82) is 0 Å². The highest BCUT2D eigenvalue weighted by Gasteiger charge is 2.24. The van der Waals surface area contributed by atoms with Crippen molar-refractivity contribution >= 4 is 40.5 Å². The zero-order valence-electron chi connectivity index (χ0n) is 9.21. The number of hydrogen-bond acceptors (Lipinski definition) is 5. The number of carboxylic acid groups (broad SMARTS) is 1. The van der Waals surface area contributed by atoms with E-state index in [2.05, 4.69) is 10.1 Å². The van der Waals surface area contributed by atoms with Gasteiger partial charge in [-0.3, -0.25) is 10.1 Å². The third-order valence-electron chi connectivity index (χ3n) is 2.41. The van der Waals surface area contributed by atoms with Crippen LogP contribution in [0.25, 0.3) is 5.65 Å². The van der Waals surface area contributed by atoms with Gasteiger partial charge in [-0.2, -0.15) is 9.61 Å². The van der Waals surface area contributed by atoms with E-state index in [1.165, 1.54) is 0 Å². The summed E-state index contributed by atoms with van der Waals surface area (Å²) >= 11 is 11.6. The first kappa shape index (κ1) is 13.5. The Morgan fingerprint density at radius 1 is 1.58 bits per heavy atom. The summed E-state index contributed by atoms with van der Waals surface area (Å²) in [6.45, 7) is 0. The molecule has 0 saturated heterocycles. The summed E-state index contributed by atoms with van der Waals surface area (Å²) in [7, 11) is 0. The van der Waals surface area contributed by atoms with Crippen LogP contribution in [0.2, 0.25) is 5.15 Å². The van der Waals surface area contributed by atoms with Crippen molar-refractivity contribution in [2.75, 3.05) is 5.88 Å². The van der Waals surface area contributed by atoms with Crippen LogP contribution in [0.15, 0.2) is 6.20 Å². The van der Waals surface area contributed by atoms with Gasteiger partial charge in [0.25, 0.3) is 0 Å². The van der Waals surface area contributed by atoms with Crippen LogP contribution in [0.1, 0.15) is 16.1 Å². The Morgan fingerprint density at radius 3 is 2.79 bits per heavy atom. The van der Waals surface area contributed by atoms with Crippen LogP contribution in [-0.4, -0.2) is 36.5 Å². The van der Waals surface area contributed by atoms with Crippen molar-refractivity contribution in [2.24, 2.45) is 0 Å². The number of aromatic nitrogens is 3. The van der Waals surface area contributed by atoms with Crippen LogP contribution < -0.4 is 0 Å². The van der Waals surface area contributed by atoms with Crippen LogP contribution in [0, 0.1) is 10.1 Å². The molecular formula is C9H6Cl2N4O4. The molecule has 2 rings (SSSR count). The summed E-state index contributed by atoms with van der Waals surface area (Å²) in [5.41, 5.74) is -0.802. The average molecular weight is 305 g/mol. The van der Waals surface area contributed by atoms with Gasteiger partial charge < -0.3 is 5.11 Å². The lowest BCUT2D eigenvalue weighted by molar-refractivity contribution is -0.383. The minimum Gasteiger partial charge on any atom is -0.476 e. The molecule has 8 nitrogen and oxygen atoms in total. The molecular weight excluding hydrogens is 299 g/mol. The van der Waals surface area contributed by atoms with Crippen molar-refractivity contribution in [3.8, 4) is 0 Å². The van der Waals surface area contributed by atoms with Crippen LogP contribution in [0.3, 0.4) is 0 Å². The van der Waals surface area contributed by atoms with Crippen LogP contribution in [0.5, 0.6) is 0 Å². The molecule has 0 saturated carbocycles.